The molecule has 2 aliphatic heterocycles. The Hall–Kier alpha value is -1.72. The van der Waals surface area contributed by atoms with Crippen molar-refractivity contribution >= 4 is 11.7 Å². The molecule has 1 saturated carbocycles. The second-order valence-electron chi connectivity index (χ2n) is 6.32. The second kappa shape index (κ2) is 4.64. The van der Waals surface area contributed by atoms with Gasteiger partial charge in [0.25, 0.3) is 0 Å². The molecule has 3 heterocycles. The molecule has 5 nitrogen and oxygen atoms in total. The first-order chi connectivity index (χ1) is 10.1. The van der Waals surface area contributed by atoms with Crippen LogP contribution in [0, 0.1) is 12.8 Å². The summed E-state index contributed by atoms with van der Waals surface area (Å²) in [5.74, 6) is 1.71. The Bertz CT molecular complexity index is 596. The van der Waals surface area contributed by atoms with Gasteiger partial charge in [0.2, 0.25) is 5.91 Å². The van der Waals surface area contributed by atoms with Crippen molar-refractivity contribution in [2.45, 2.75) is 45.4 Å². The van der Waals surface area contributed by atoms with Crippen LogP contribution in [0.5, 0.6) is 0 Å². The van der Waals surface area contributed by atoms with Gasteiger partial charge in [-0.15, -0.1) is 0 Å². The van der Waals surface area contributed by atoms with Crippen LogP contribution in [0.15, 0.2) is 0 Å². The van der Waals surface area contributed by atoms with Gasteiger partial charge in [-0.3, -0.25) is 4.79 Å². The fraction of sp³-hybridized carbons (Fsp3) is 0.667. The number of alkyl halides is 1. The minimum Gasteiger partial charge on any atom is -0.356 e. The van der Waals surface area contributed by atoms with Crippen molar-refractivity contribution in [1.29, 1.82) is 0 Å². The molecule has 1 amide bonds. The molecule has 0 bridgehead atoms. The molecule has 1 aliphatic carbocycles. The number of hydrogen-bond acceptors (Lipinski definition) is 4. The standard InChI is InChI=1S/C15H19FN4O/c1-9-17-13-8-20(15(21)10-5-11(16)6-10)7-12(13)14(18-9)19-3-2-4-19/h10-11H,2-8H2,1H3. The number of nitrogens with zero attached hydrogens (tertiary/aromatic N) is 4. The molecule has 0 N–H and O–H groups in total. The van der Waals surface area contributed by atoms with Gasteiger partial charge in [0, 0.05) is 24.6 Å². The molecule has 0 spiro atoms. The van der Waals surface area contributed by atoms with E-state index in [0.717, 1.165) is 36.0 Å². The number of fused-ring (bicyclic) bond motifs is 1. The maximum Gasteiger partial charge on any atom is 0.226 e. The Morgan fingerprint density at radius 2 is 2.00 bits per heavy atom. The average Bonchev–Trinajstić information content (AvgIpc) is 2.75. The van der Waals surface area contributed by atoms with Crippen molar-refractivity contribution in [3.8, 4) is 0 Å². The first-order valence-corrected chi connectivity index (χ1v) is 7.66. The van der Waals surface area contributed by atoms with Crippen LogP contribution in [0.1, 0.15) is 36.3 Å². The van der Waals surface area contributed by atoms with E-state index in [4.69, 9.17) is 0 Å². The number of rotatable bonds is 2. The number of halogens is 1. The largest absolute Gasteiger partial charge is 0.356 e. The van der Waals surface area contributed by atoms with Crippen LogP contribution in [-0.2, 0) is 17.9 Å². The normalized spacial score (nSPS) is 27.1. The van der Waals surface area contributed by atoms with E-state index in [1.807, 2.05) is 11.8 Å². The van der Waals surface area contributed by atoms with Gasteiger partial charge < -0.3 is 9.80 Å². The van der Waals surface area contributed by atoms with Gasteiger partial charge in [-0.25, -0.2) is 14.4 Å². The minimum atomic E-state index is -0.789. The Balaban J connectivity index is 1.56. The van der Waals surface area contributed by atoms with Crippen molar-refractivity contribution in [3.05, 3.63) is 17.1 Å². The van der Waals surface area contributed by atoms with E-state index in [0.29, 0.717) is 25.9 Å². The Morgan fingerprint density at radius 1 is 1.24 bits per heavy atom. The number of hydrogen-bond donors (Lipinski definition) is 0. The molecule has 1 aromatic rings. The SMILES string of the molecule is Cc1nc2c(c(N3CCC3)n1)CN(C(=O)C1CC(F)C1)C2. The van der Waals surface area contributed by atoms with Crippen molar-refractivity contribution in [3.63, 3.8) is 0 Å². The molecule has 0 unspecified atom stereocenters. The third kappa shape index (κ3) is 2.08. The summed E-state index contributed by atoms with van der Waals surface area (Å²) in [6.07, 6.45) is 1.17. The zero-order chi connectivity index (χ0) is 14.6. The first-order valence-electron chi connectivity index (χ1n) is 7.66. The van der Waals surface area contributed by atoms with Crippen molar-refractivity contribution in [2.75, 3.05) is 18.0 Å². The molecular formula is C15H19FN4O. The molecule has 2 fully saturated rings. The van der Waals surface area contributed by atoms with E-state index in [1.54, 1.807) is 0 Å². The molecule has 3 aliphatic rings. The Labute approximate surface area is 123 Å². The number of carbonyl (C=O) groups is 1. The number of aromatic nitrogens is 2. The minimum absolute atomic E-state index is 0.0779. The highest BCUT2D eigenvalue weighted by Crippen LogP contribution is 2.36. The molecule has 112 valence electrons. The summed E-state index contributed by atoms with van der Waals surface area (Å²) in [6.45, 7) is 5.08. The van der Waals surface area contributed by atoms with Crippen LogP contribution in [0.2, 0.25) is 0 Å². The quantitative estimate of drug-likeness (QED) is 0.830. The third-order valence-electron chi connectivity index (χ3n) is 4.77. The molecule has 6 heteroatoms. The highest BCUT2D eigenvalue weighted by molar-refractivity contribution is 5.80. The topological polar surface area (TPSA) is 49.3 Å². The molecule has 0 atom stereocenters. The van der Waals surface area contributed by atoms with Gasteiger partial charge in [0.15, 0.2) is 0 Å². The lowest BCUT2D eigenvalue weighted by Gasteiger charge is -2.34. The summed E-state index contributed by atoms with van der Waals surface area (Å²) in [5.41, 5.74) is 2.05. The van der Waals surface area contributed by atoms with E-state index in [9.17, 15) is 9.18 Å². The van der Waals surface area contributed by atoms with Crippen LogP contribution in [0.4, 0.5) is 10.2 Å². The monoisotopic (exact) mass is 290 g/mol. The summed E-state index contributed by atoms with van der Waals surface area (Å²) >= 11 is 0. The van der Waals surface area contributed by atoms with Gasteiger partial charge in [0.05, 0.1) is 18.8 Å². The molecule has 4 rings (SSSR count). The van der Waals surface area contributed by atoms with Gasteiger partial charge in [0.1, 0.15) is 17.8 Å². The maximum absolute atomic E-state index is 13.0. The smallest absolute Gasteiger partial charge is 0.226 e. The molecule has 21 heavy (non-hydrogen) atoms. The van der Waals surface area contributed by atoms with Crippen molar-refractivity contribution in [1.82, 2.24) is 14.9 Å². The van der Waals surface area contributed by atoms with Crippen LogP contribution in [0.3, 0.4) is 0 Å². The first kappa shape index (κ1) is 13.0. The van der Waals surface area contributed by atoms with E-state index in [-0.39, 0.29) is 11.8 Å². The number of amides is 1. The van der Waals surface area contributed by atoms with E-state index >= 15 is 0 Å². The van der Waals surface area contributed by atoms with Crippen molar-refractivity contribution in [2.24, 2.45) is 5.92 Å². The van der Waals surface area contributed by atoms with Crippen LogP contribution >= 0.6 is 0 Å². The second-order valence-corrected chi connectivity index (χ2v) is 6.32. The van der Waals surface area contributed by atoms with Crippen LogP contribution in [0.25, 0.3) is 0 Å². The average molecular weight is 290 g/mol. The summed E-state index contributed by atoms with van der Waals surface area (Å²) in [5, 5.41) is 0. The van der Waals surface area contributed by atoms with Gasteiger partial charge in [-0.1, -0.05) is 0 Å². The fourth-order valence-electron chi connectivity index (χ4n) is 3.31. The zero-order valence-electron chi connectivity index (χ0n) is 12.2. The van der Waals surface area contributed by atoms with Crippen LogP contribution < -0.4 is 4.90 Å². The summed E-state index contributed by atoms with van der Waals surface area (Å²) in [4.78, 5) is 25.5. The van der Waals surface area contributed by atoms with Gasteiger partial charge in [-0.05, 0) is 26.2 Å². The molecular weight excluding hydrogens is 271 g/mol. The summed E-state index contributed by atoms with van der Waals surface area (Å²) in [7, 11) is 0. The fourth-order valence-corrected chi connectivity index (χ4v) is 3.31. The number of aryl methyl sites for hydroxylation is 1. The lowest BCUT2D eigenvalue weighted by Crippen LogP contribution is -2.40. The molecule has 1 saturated heterocycles. The zero-order valence-corrected chi connectivity index (χ0v) is 12.2. The van der Waals surface area contributed by atoms with Crippen molar-refractivity contribution < 1.29 is 9.18 Å². The third-order valence-corrected chi connectivity index (χ3v) is 4.77. The predicted octanol–water partition coefficient (Wildman–Crippen LogP) is 1.59. The molecule has 0 aromatic carbocycles. The van der Waals surface area contributed by atoms with E-state index in [1.165, 1.54) is 6.42 Å². The number of carbonyl (C=O) groups excluding carboxylic acids is 1. The van der Waals surface area contributed by atoms with Crippen LogP contribution in [-0.4, -0.2) is 40.0 Å². The highest BCUT2D eigenvalue weighted by atomic mass is 19.1. The molecule has 1 aromatic heterocycles. The predicted molar refractivity (Wildman–Crippen MR) is 75.5 cm³/mol. The lowest BCUT2D eigenvalue weighted by molar-refractivity contribution is -0.141. The maximum atomic E-state index is 13.0. The highest BCUT2D eigenvalue weighted by Gasteiger charge is 2.39. The summed E-state index contributed by atoms with van der Waals surface area (Å²) in [6, 6.07) is 0. The van der Waals surface area contributed by atoms with Gasteiger partial charge >= 0.3 is 0 Å². The van der Waals surface area contributed by atoms with Gasteiger partial charge in [-0.2, -0.15) is 0 Å². The Kier molecular flexibility index (Phi) is 2.87. The summed E-state index contributed by atoms with van der Waals surface area (Å²) < 4.78 is 13.0. The number of anilines is 1. The molecule has 0 radical (unpaired) electrons. The van der Waals surface area contributed by atoms with E-state index in [2.05, 4.69) is 14.9 Å². The lowest BCUT2D eigenvalue weighted by atomic mass is 9.82. The van der Waals surface area contributed by atoms with E-state index < -0.39 is 6.17 Å². The Morgan fingerprint density at radius 3 is 2.62 bits per heavy atom.